The summed E-state index contributed by atoms with van der Waals surface area (Å²) in [7, 11) is 0. The highest BCUT2D eigenvalue weighted by Crippen LogP contribution is 2.28. The standard InChI is InChI=1S/C24H18ClF3N4O/c1-15(17-10-11-21(29-13-17)24(26,27)28)30-23(33)20-14-32(19-9-5-8-18(25)12-19)31-22(20)16-6-3-2-4-7-16/h2-15H,1H3,(H,30,33)/t15-/m1/s1. The molecular weight excluding hydrogens is 453 g/mol. The third-order valence-electron chi connectivity index (χ3n) is 5.00. The molecule has 2 aromatic carbocycles. The van der Waals surface area contributed by atoms with Gasteiger partial charge in [-0.2, -0.15) is 18.3 Å². The molecule has 1 atom stereocenters. The van der Waals surface area contributed by atoms with Crippen molar-refractivity contribution >= 4 is 17.5 Å². The summed E-state index contributed by atoms with van der Waals surface area (Å²) < 4.78 is 39.9. The number of carbonyl (C=O) groups excluding carboxylic acids is 1. The predicted octanol–water partition coefficient (Wildman–Crippen LogP) is 6.10. The van der Waals surface area contributed by atoms with Crippen LogP contribution >= 0.6 is 11.6 Å². The fourth-order valence-electron chi connectivity index (χ4n) is 3.29. The topological polar surface area (TPSA) is 59.8 Å². The van der Waals surface area contributed by atoms with Crippen LogP contribution in [0.5, 0.6) is 0 Å². The number of benzene rings is 2. The van der Waals surface area contributed by atoms with Crippen LogP contribution in [-0.2, 0) is 6.18 Å². The average Bonchev–Trinajstić information content (AvgIpc) is 3.25. The Morgan fingerprint density at radius 1 is 1.06 bits per heavy atom. The Morgan fingerprint density at radius 2 is 1.82 bits per heavy atom. The van der Waals surface area contributed by atoms with Crippen molar-refractivity contribution < 1.29 is 18.0 Å². The SMILES string of the molecule is C[C@@H](NC(=O)c1cn(-c2cccc(Cl)c2)nc1-c1ccccc1)c1ccc(C(F)(F)F)nc1. The van der Waals surface area contributed by atoms with Crippen LogP contribution in [0.15, 0.2) is 79.1 Å². The molecular formula is C24H18ClF3N4O. The summed E-state index contributed by atoms with van der Waals surface area (Å²) in [5.74, 6) is -0.422. The van der Waals surface area contributed by atoms with E-state index in [4.69, 9.17) is 11.6 Å². The highest BCUT2D eigenvalue weighted by atomic mass is 35.5. The molecule has 0 aliphatic heterocycles. The number of nitrogens with one attached hydrogen (secondary N) is 1. The number of aromatic nitrogens is 3. The third kappa shape index (κ3) is 5.06. The fourth-order valence-corrected chi connectivity index (χ4v) is 3.47. The molecule has 33 heavy (non-hydrogen) atoms. The minimum absolute atomic E-state index is 0.313. The smallest absolute Gasteiger partial charge is 0.345 e. The van der Waals surface area contributed by atoms with Gasteiger partial charge in [-0.3, -0.25) is 9.78 Å². The van der Waals surface area contributed by atoms with Gasteiger partial charge in [0.25, 0.3) is 5.91 Å². The quantitative estimate of drug-likeness (QED) is 0.383. The van der Waals surface area contributed by atoms with E-state index in [9.17, 15) is 18.0 Å². The molecule has 1 amide bonds. The zero-order valence-corrected chi connectivity index (χ0v) is 18.1. The summed E-state index contributed by atoms with van der Waals surface area (Å²) in [6, 6.07) is 17.9. The zero-order chi connectivity index (χ0) is 23.6. The van der Waals surface area contributed by atoms with E-state index in [2.05, 4.69) is 15.4 Å². The number of alkyl halides is 3. The lowest BCUT2D eigenvalue weighted by molar-refractivity contribution is -0.141. The lowest BCUT2D eigenvalue weighted by Gasteiger charge is -2.15. The van der Waals surface area contributed by atoms with Crippen molar-refractivity contribution in [3.63, 3.8) is 0 Å². The van der Waals surface area contributed by atoms with Gasteiger partial charge in [-0.1, -0.05) is 54.1 Å². The molecule has 0 unspecified atom stereocenters. The number of nitrogens with zero attached hydrogens (tertiary/aromatic N) is 3. The fraction of sp³-hybridized carbons (Fsp3) is 0.125. The largest absolute Gasteiger partial charge is 0.433 e. The molecule has 0 saturated heterocycles. The molecule has 2 aromatic heterocycles. The first kappa shape index (κ1) is 22.5. The van der Waals surface area contributed by atoms with Crippen molar-refractivity contribution in [2.45, 2.75) is 19.1 Å². The van der Waals surface area contributed by atoms with Gasteiger partial charge in [0.05, 0.1) is 17.3 Å². The maximum atomic E-state index is 13.2. The van der Waals surface area contributed by atoms with Gasteiger partial charge in [-0.05, 0) is 36.8 Å². The zero-order valence-electron chi connectivity index (χ0n) is 17.3. The minimum atomic E-state index is -4.52. The lowest BCUT2D eigenvalue weighted by Crippen LogP contribution is -2.27. The Kier molecular flexibility index (Phi) is 6.20. The molecule has 0 spiro atoms. The van der Waals surface area contributed by atoms with Crippen molar-refractivity contribution in [2.24, 2.45) is 0 Å². The molecule has 2 heterocycles. The van der Waals surface area contributed by atoms with Crippen LogP contribution in [0.3, 0.4) is 0 Å². The van der Waals surface area contributed by atoms with Gasteiger partial charge in [0.15, 0.2) is 0 Å². The minimum Gasteiger partial charge on any atom is -0.345 e. The second-order valence-corrected chi connectivity index (χ2v) is 7.79. The average molecular weight is 471 g/mol. The van der Waals surface area contributed by atoms with E-state index < -0.39 is 23.8 Å². The van der Waals surface area contributed by atoms with Crippen molar-refractivity contribution in [3.05, 3.63) is 101 Å². The molecule has 0 aliphatic carbocycles. The second kappa shape index (κ2) is 9.07. The van der Waals surface area contributed by atoms with E-state index in [-0.39, 0.29) is 0 Å². The summed E-state index contributed by atoms with van der Waals surface area (Å²) in [6.45, 7) is 1.67. The molecule has 5 nitrogen and oxygen atoms in total. The van der Waals surface area contributed by atoms with Crippen LogP contribution < -0.4 is 5.32 Å². The number of rotatable bonds is 5. The number of hydrogen-bond acceptors (Lipinski definition) is 3. The van der Waals surface area contributed by atoms with Gasteiger partial charge in [-0.25, -0.2) is 4.68 Å². The predicted molar refractivity (Wildman–Crippen MR) is 119 cm³/mol. The van der Waals surface area contributed by atoms with Gasteiger partial charge in [0, 0.05) is 23.0 Å². The Labute approximate surface area is 192 Å². The second-order valence-electron chi connectivity index (χ2n) is 7.35. The summed E-state index contributed by atoms with van der Waals surface area (Å²) in [4.78, 5) is 16.6. The van der Waals surface area contributed by atoms with E-state index in [0.29, 0.717) is 27.5 Å². The van der Waals surface area contributed by atoms with Gasteiger partial charge in [-0.15, -0.1) is 0 Å². The van der Waals surface area contributed by atoms with Crippen LogP contribution in [0.4, 0.5) is 13.2 Å². The Morgan fingerprint density at radius 3 is 2.45 bits per heavy atom. The van der Waals surface area contributed by atoms with E-state index >= 15 is 0 Å². The molecule has 0 bridgehead atoms. The van der Waals surface area contributed by atoms with Crippen LogP contribution in [0, 0.1) is 0 Å². The van der Waals surface area contributed by atoms with E-state index in [0.717, 1.165) is 17.8 Å². The molecule has 0 fully saturated rings. The maximum Gasteiger partial charge on any atom is 0.433 e. The van der Waals surface area contributed by atoms with E-state index in [1.807, 2.05) is 36.4 Å². The summed E-state index contributed by atoms with van der Waals surface area (Å²) in [5.41, 5.74) is 1.66. The van der Waals surface area contributed by atoms with Gasteiger partial charge < -0.3 is 5.32 Å². The van der Waals surface area contributed by atoms with Crippen LogP contribution in [0.25, 0.3) is 16.9 Å². The molecule has 0 aliphatic rings. The molecule has 4 aromatic rings. The first-order valence-corrected chi connectivity index (χ1v) is 10.4. The first-order chi connectivity index (χ1) is 15.7. The monoisotopic (exact) mass is 470 g/mol. The number of pyridine rings is 1. The molecule has 9 heteroatoms. The lowest BCUT2D eigenvalue weighted by atomic mass is 10.1. The van der Waals surface area contributed by atoms with Crippen molar-refractivity contribution in [1.82, 2.24) is 20.1 Å². The molecule has 168 valence electrons. The maximum absolute atomic E-state index is 13.2. The highest BCUT2D eigenvalue weighted by Gasteiger charge is 2.32. The van der Waals surface area contributed by atoms with Crippen LogP contribution in [-0.4, -0.2) is 20.7 Å². The number of halogens is 4. The van der Waals surface area contributed by atoms with Crippen LogP contribution in [0.2, 0.25) is 5.02 Å². The van der Waals surface area contributed by atoms with E-state index in [1.54, 1.807) is 36.0 Å². The number of amides is 1. The van der Waals surface area contributed by atoms with Gasteiger partial charge >= 0.3 is 6.18 Å². The third-order valence-corrected chi connectivity index (χ3v) is 5.24. The van der Waals surface area contributed by atoms with Crippen molar-refractivity contribution in [1.29, 1.82) is 0 Å². The van der Waals surface area contributed by atoms with Crippen molar-refractivity contribution in [3.8, 4) is 16.9 Å². The Bertz CT molecular complexity index is 1270. The summed E-state index contributed by atoms with van der Waals surface area (Å²) >= 11 is 6.10. The van der Waals surface area contributed by atoms with Crippen LogP contribution in [0.1, 0.15) is 34.6 Å². The molecule has 0 radical (unpaired) electrons. The number of hydrogen-bond donors (Lipinski definition) is 1. The molecule has 1 N–H and O–H groups in total. The number of carbonyl (C=O) groups is 1. The van der Waals surface area contributed by atoms with E-state index in [1.165, 1.54) is 6.07 Å². The molecule has 0 saturated carbocycles. The van der Waals surface area contributed by atoms with Gasteiger partial charge in [0.2, 0.25) is 0 Å². The normalized spacial score (nSPS) is 12.4. The highest BCUT2D eigenvalue weighted by molar-refractivity contribution is 6.30. The Hall–Kier alpha value is -3.65. The summed E-state index contributed by atoms with van der Waals surface area (Å²) in [5, 5.41) is 7.94. The first-order valence-electron chi connectivity index (χ1n) is 9.97. The molecule has 4 rings (SSSR count). The van der Waals surface area contributed by atoms with Gasteiger partial charge in [0.1, 0.15) is 11.4 Å². The van der Waals surface area contributed by atoms with Crippen molar-refractivity contribution in [2.75, 3.05) is 0 Å². The summed E-state index contributed by atoms with van der Waals surface area (Å²) in [6.07, 6.45) is -1.81. The Balaban J connectivity index is 1.65.